The number of halogens is 1. The van der Waals surface area contributed by atoms with Gasteiger partial charge in [0.1, 0.15) is 18.1 Å². The van der Waals surface area contributed by atoms with E-state index < -0.39 is 0 Å². The summed E-state index contributed by atoms with van der Waals surface area (Å²) in [6.45, 7) is 0.877. The summed E-state index contributed by atoms with van der Waals surface area (Å²) < 4.78 is 12.4. The highest BCUT2D eigenvalue weighted by Crippen LogP contribution is 2.19. The number of hydrogen-bond acceptors (Lipinski definition) is 3. The Bertz CT molecular complexity index is 828. The average molecular weight is 411 g/mol. The molecule has 0 amide bonds. The molecule has 0 fully saturated rings. The quantitative estimate of drug-likeness (QED) is 0.448. The van der Waals surface area contributed by atoms with E-state index in [1.807, 2.05) is 78.9 Å². The van der Waals surface area contributed by atoms with Crippen LogP contribution in [0.4, 0.5) is 0 Å². The molecule has 4 heteroatoms. The molecule has 0 radical (unpaired) electrons. The fourth-order valence-electron chi connectivity index (χ4n) is 2.41. The summed E-state index contributed by atoms with van der Waals surface area (Å²) in [5.41, 5.74) is 1.82. The normalized spacial score (nSPS) is 10.3. The van der Waals surface area contributed by atoms with Gasteiger partial charge in [-0.25, -0.2) is 0 Å². The van der Waals surface area contributed by atoms with Gasteiger partial charge >= 0.3 is 0 Å². The van der Waals surface area contributed by atoms with Crippen LogP contribution in [-0.2, 0) is 6.61 Å². The number of rotatable bonds is 8. The molecule has 0 heterocycles. The lowest BCUT2D eigenvalue weighted by Gasteiger charge is -2.09. The zero-order valence-electron chi connectivity index (χ0n) is 14.2. The first kappa shape index (κ1) is 18.2. The van der Waals surface area contributed by atoms with Crippen LogP contribution in [0.25, 0.3) is 0 Å². The smallest absolute Gasteiger partial charge is 0.166 e. The number of carbonyl (C=O) groups is 1. The van der Waals surface area contributed by atoms with Gasteiger partial charge in [-0.2, -0.15) is 0 Å². The van der Waals surface area contributed by atoms with Crippen LogP contribution in [0.2, 0.25) is 0 Å². The van der Waals surface area contributed by atoms with E-state index in [1.165, 1.54) is 0 Å². The van der Waals surface area contributed by atoms with Crippen molar-refractivity contribution in [2.24, 2.45) is 0 Å². The molecule has 0 N–H and O–H groups in total. The summed E-state index contributed by atoms with van der Waals surface area (Å²) in [4.78, 5) is 12.1. The minimum Gasteiger partial charge on any atom is -0.493 e. The molecule has 0 aliphatic carbocycles. The molecule has 0 aliphatic rings. The number of hydrogen-bond donors (Lipinski definition) is 0. The van der Waals surface area contributed by atoms with Gasteiger partial charge in [-0.15, -0.1) is 0 Å². The minimum absolute atomic E-state index is 0.0697. The first-order chi connectivity index (χ1) is 12.7. The third-order valence-corrected chi connectivity index (χ3v) is 4.36. The molecule has 3 aromatic carbocycles. The van der Waals surface area contributed by atoms with E-state index in [1.54, 1.807) is 0 Å². The van der Waals surface area contributed by atoms with Gasteiger partial charge in [-0.1, -0.05) is 58.4 Å². The maximum atomic E-state index is 12.1. The summed E-state index contributed by atoms with van der Waals surface area (Å²) in [6, 6.07) is 24.8. The number of ketones is 1. The lowest BCUT2D eigenvalue weighted by Crippen LogP contribution is -2.06. The molecule has 26 heavy (non-hydrogen) atoms. The zero-order valence-corrected chi connectivity index (χ0v) is 15.8. The predicted octanol–water partition coefficient (Wildman–Crippen LogP) is 5.68. The molecule has 0 saturated heterocycles. The highest BCUT2D eigenvalue weighted by Gasteiger charge is 2.06. The van der Waals surface area contributed by atoms with Gasteiger partial charge in [0.05, 0.1) is 6.61 Å². The third kappa shape index (κ3) is 5.46. The molecule has 3 aromatic rings. The Kier molecular flexibility index (Phi) is 6.45. The molecular weight excluding hydrogens is 392 g/mol. The molecule has 0 bridgehead atoms. The summed E-state index contributed by atoms with van der Waals surface area (Å²) in [7, 11) is 0. The number of benzene rings is 3. The largest absolute Gasteiger partial charge is 0.493 e. The maximum Gasteiger partial charge on any atom is 0.166 e. The maximum absolute atomic E-state index is 12.1. The van der Waals surface area contributed by atoms with Crippen molar-refractivity contribution in [1.82, 2.24) is 0 Å². The van der Waals surface area contributed by atoms with Gasteiger partial charge < -0.3 is 9.47 Å². The number of ether oxygens (including phenoxy) is 2. The second-order valence-electron chi connectivity index (χ2n) is 5.77. The highest BCUT2D eigenvalue weighted by molar-refractivity contribution is 9.10. The van der Waals surface area contributed by atoms with Gasteiger partial charge in [-0.05, 0) is 42.0 Å². The first-order valence-electron chi connectivity index (χ1n) is 8.39. The fourth-order valence-corrected chi connectivity index (χ4v) is 2.68. The Hall–Kier alpha value is -2.59. The van der Waals surface area contributed by atoms with Crippen LogP contribution >= 0.6 is 15.9 Å². The predicted molar refractivity (Wildman–Crippen MR) is 106 cm³/mol. The second-order valence-corrected chi connectivity index (χ2v) is 6.69. The van der Waals surface area contributed by atoms with Crippen molar-refractivity contribution in [2.45, 2.75) is 13.0 Å². The van der Waals surface area contributed by atoms with E-state index in [9.17, 15) is 4.79 Å². The van der Waals surface area contributed by atoms with Gasteiger partial charge in [0.25, 0.3) is 0 Å². The molecule has 0 spiro atoms. The summed E-state index contributed by atoms with van der Waals surface area (Å²) in [6.07, 6.45) is 0.341. The molecule has 0 saturated carbocycles. The van der Waals surface area contributed by atoms with Crippen LogP contribution in [0.3, 0.4) is 0 Å². The molecule has 0 unspecified atom stereocenters. The molecule has 0 atom stereocenters. The monoisotopic (exact) mass is 410 g/mol. The zero-order chi connectivity index (χ0) is 18.2. The van der Waals surface area contributed by atoms with E-state index in [0.29, 0.717) is 25.2 Å². The van der Waals surface area contributed by atoms with E-state index >= 15 is 0 Å². The Morgan fingerprint density at radius 2 is 1.38 bits per heavy atom. The third-order valence-electron chi connectivity index (χ3n) is 3.84. The van der Waals surface area contributed by atoms with Crippen LogP contribution in [0, 0.1) is 0 Å². The van der Waals surface area contributed by atoms with E-state index in [4.69, 9.17) is 9.47 Å². The van der Waals surface area contributed by atoms with Crippen LogP contribution < -0.4 is 9.47 Å². The van der Waals surface area contributed by atoms with Gasteiger partial charge in [0, 0.05) is 16.5 Å². The van der Waals surface area contributed by atoms with Crippen molar-refractivity contribution in [3.63, 3.8) is 0 Å². The summed E-state index contributed by atoms with van der Waals surface area (Å²) >= 11 is 3.36. The summed E-state index contributed by atoms with van der Waals surface area (Å²) in [5.74, 6) is 1.58. The van der Waals surface area contributed by atoms with Crippen molar-refractivity contribution in [1.29, 1.82) is 0 Å². The van der Waals surface area contributed by atoms with Gasteiger partial charge in [-0.3, -0.25) is 4.79 Å². The molecule has 132 valence electrons. The number of Topliss-reactive ketones (excluding diaryl/α,β-unsaturated/α-hetero) is 1. The molecular formula is C22H19BrO3. The van der Waals surface area contributed by atoms with Crippen molar-refractivity contribution >= 4 is 21.7 Å². The van der Waals surface area contributed by atoms with Gasteiger partial charge in [0.15, 0.2) is 5.78 Å². The van der Waals surface area contributed by atoms with E-state index in [-0.39, 0.29) is 5.78 Å². The van der Waals surface area contributed by atoms with Crippen LogP contribution in [0.1, 0.15) is 22.3 Å². The molecule has 0 aliphatic heterocycles. The minimum atomic E-state index is 0.0697. The lowest BCUT2D eigenvalue weighted by atomic mass is 10.1. The first-order valence-corrected chi connectivity index (χ1v) is 9.18. The van der Waals surface area contributed by atoms with Crippen LogP contribution in [0.15, 0.2) is 83.3 Å². The fraction of sp³-hybridized carbons (Fsp3) is 0.136. The van der Waals surface area contributed by atoms with Crippen molar-refractivity contribution in [3.8, 4) is 11.5 Å². The van der Waals surface area contributed by atoms with Crippen LogP contribution in [-0.4, -0.2) is 12.4 Å². The van der Waals surface area contributed by atoms with E-state index in [2.05, 4.69) is 15.9 Å². The highest BCUT2D eigenvalue weighted by atomic mass is 79.9. The van der Waals surface area contributed by atoms with Crippen molar-refractivity contribution < 1.29 is 14.3 Å². The van der Waals surface area contributed by atoms with Crippen LogP contribution in [0.5, 0.6) is 11.5 Å². The SMILES string of the molecule is O=C(CCOc1ccc(OCc2ccccc2)cc1)c1ccc(Br)cc1. The molecule has 3 rings (SSSR count). The van der Waals surface area contributed by atoms with Gasteiger partial charge in [0.2, 0.25) is 0 Å². The molecule has 0 aromatic heterocycles. The van der Waals surface area contributed by atoms with E-state index in [0.717, 1.165) is 21.5 Å². The Balaban J connectivity index is 1.44. The topological polar surface area (TPSA) is 35.5 Å². The van der Waals surface area contributed by atoms with Crippen molar-refractivity contribution in [2.75, 3.05) is 6.61 Å². The Morgan fingerprint density at radius 1 is 0.769 bits per heavy atom. The lowest BCUT2D eigenvalue weighted by molar-refractivity contribution is 0.0962. The Morgan fingerprint density at radius 3 is 2.04 bits per heavy atom. The standard InChI is InChI=1S/C22H19BrO3/c23-19-8-6-18(7-9-19)22(24)14-15-25-20-10-12-21(13-11-20)26-16-17-4-2-1-3-5-17/h1-13H,14-16H2. The second kappa shape index (κ2) is 9.20. The Labute approximate surface area is 161 Å². The molecule has 3 nitrogen and oxygen atoms in total. The number of carbonyl (C=O) groups excluding carboxylic acids is 1. The van der Waals surface area contributed by atoms with Crippen molar-refractivity contribution in [3.05, 3.63) is 94.5 Å². The summed E-state index contributed by atoms with van der Waals surface area (Å²) in [5, 5.41) is 0. The average Bonchev–Trinajstić information content (AvgIpc) is 2.68.